The maximum absolute atomic E-state index is 11.5. The number of pyridine rings is 1. The van der Waals surface area contributed by atoms with Crippen molar-refractivity contribution < 1.29 is 14.7 Å². The lowest BCUT2D eigenvalue weighted by atomic mass is 10.3. The number of nitrogens with zero attached hydrogens (tertiary/aromatic N) is 1. The van der Waals surface area contributed by atoms with E-state index in [0.29, 0.717) is 0 Å². The molecule has 1 rings (SSSR count). The summed E-state index contributed by atoms with van der Waals surface area (Å²) in [6, 6.07) is 2.90. The van der Waals surface area contributed by atoms with Gasteiger partial charge >= 0.3 is 5.97 Å². The van der Waals surface area contributed by atoms with Crippen LogP contribution in [0.2, 0.25) is 10.2 Å². The minimum Gasteiger partial charge on any atom is -0.481 e. The van der Waals surface area contributed by atoms with Crippen LogP contribution in [0.15, 0.2) is 12.1 Å². The number of nitrogens with one attached hydrogen (secondary N) is 1. The van der Waals surface area contributed by atoms with Crippen molar-refractivity contribution >= 4 is 35.1 Å². The molecule has 0 aromatic carbocycles. The summed E-state index contributed by atoms with van der Waals surface area (Å²) in [7, 11) is 0. The highest BCUT2D eigenvalue weighted by atomic mass is 35.5. The normalized spacial score (nSPS) is 9.88. The van der Waals surface area contributed by atoms with E-state index in [1.54, 1.807) is 0 Å². The number of carbonyl (C=O) groups is 2. The Morgan fingerprint density at radius 3 is 2.69 bits per heavy atom. The number of hydrogen-bond acceptors (Lipinski definition) is 3. The fourth-order valence-corrected chi connectivity index (χ4v) is 1.28. The van der Waals surface area contributed by atoms with Crippen LogP contribution in [0.1, 0.15) is 16.9 Å². The molecule has 0 atom stereocenters. The van der Waals surface area contributed by atoms with E-state index in [1.165, 1.54) is 12.1 Å². The summed E-state index contributed by atoms with van der Waals surface area (Å²) in [5.74, 6) is -1.54. The van der Waals surface area contributed by atoms with E-state index in [1.807, 2.05) is 0 Å². The molecule has 16 heavy (non-hydrogen) atoms. The molecule has 0 saturated carbocycles. The van der Waals surface area contributed by atoms with E-state index in [0.717, 1.165) is 0 Å². The Labute approximate surface area is 101 Å². The van der Waals surface area contributed by atoms with Crippen LogP contribution in [0.25, 0.3) is 0 Å². The number of halogens is 2. The van der Waals surface area contributed by atoms with Crippen LogP contribution in [0, 0.1) is 0 Å². The Kier molecular flexibility index (Phi) is 4.52. The second kappa shape index (κ2) is 5.67. The summed E-state index contributed by atoms with van der Waals surface area (Å²) in [6.45, 7) is 0.0126. The van der Waals surface area contributed by atoms with Crippen LogP contribution in [-0.4, -0.2) is 28.5 Å². The van der Waals surface area contributed by atoms with Crippen LogP contribution in [0.4, 0.5) is 0 Å². The van der Waals surface area contributed by atoms with Gasteiger partial charge in [0.05, 0.1) is 11.4 Å². The van der Waals surface area contributed by atoms with Gasteiger partial charge in [-0.25, -0.2) is 4.98 Å². The summed E-state index contributed by atoms with van der Waals surface area (Å²) in [4.78, 5) is 25.5. The van der Waals surface area contributed by atoms with Crippen molar-refractivity contribution in [1.82, 2.24) is 10.3 Å². The van der Waals surface area contributed by atoms with Gasteiger partial charge in [0.1, 0.15) is 10.8 Å². The first-order valence-corrected chi connectivity index (χ1v) is 5.08. The first-order chi connectivity index (χ1) is 7.50. The zero-order valence-electron chi connectivity index (χ0n) is 8.04. The molecule has 1 heterocycles. The highest BCUT2D eigenvalue weighted by Crippen LogP contribution is 2.16. The van der Waals surface area contributed by atoms with Crippen molar-refractivity contribution in [3.63, 3.8) is 0 Å². The van der Waals surface area contributed by atoms with E-state index in [4.69, 9.17) is 28.3 Å². The maximum Gasteiger partial charge on any atom is 0.305 e. The number of hydrogen-bond donors (Lipinski definition) is 2. The van der Waals surface area contributed by atoms with Crippen molar-refractivity contribution in [2.75, 3.05) is 6.54 Å². The number of aromatic nitrogens is 1. The van der Waals surface area contributed by atoms with Crippen LogP contribution >= 0.6 is 23.2 Å². The zero-order chi connectivity index (χ0) is 12.1. The molecule has 5 nitrogen and oxygen atoms in total. The highest BCUT2D eigenvalue weighted by molar-refractivity contribution is 6.34. The Morgan fingerprint density at radius 2 is 2.06 bits per heavy atom. The quantitative estimate of drug-likeness (QED) is 0.808. The molecule has 0 spiro atoms. The minimum atomic E-state index is -0.995. The molecule has 0 radical (unpaired) electrons. The lowest BCUT2D eigenvalue weighted by Crippen LogP contribution is -2.27. The molecule has 0 bridgehead atoms. The number of aliphatic carboxylic acids is 1. The molecule has 7 heteroatoms. The van der Waals surface area contributed by atoms with E-state index < -0.39 is 11.9 Å². The second-order valence-corrected chi connectivity index (χ2v) is 3.66. The van der Waals surface area contributed by atoms with Crippen molar-refractivity contribution in [3.05, 3.63) is 28.0 Å². The van der Waals surface area contributed by atoms with E-state index in [-0.39, 0.29) is 28.8 Å². The number of carbonyl (C=O) groups excluding carboxylic acids is 1. The summed E-state index contributed by atoms with van der Waals surface area (Å²) in [5, 5.41) is 11.1. The van der Waals surface area contributed by atoms with Gasteiger partial charge in [0, 0.05) is 6.54 Å². The van der Waals surface area contributed by atoms with Crippen LogP contribution in [0.3, 0.4) is 0 Å². The summed E-state index contributed by atoms with van der Waals surface area (Å²) >= 11 is 11.3. The van der Waals surface area contributed by atoms with Crippen molar-refractivity contribution in [1.29, 1.82) is 0 Å². The molecular formula is C9H8Cl2N2O3. The van der Waals surface area contributed by atoms with Gasteiger partial charge in [-0.05, 0) is 12.1 Å². The second-order valence-electron chi connectivity index (χ2n) is 2.86. The predicted octanol–water partition coefficient (Wildman–Crippen LogP) is 1.59. The molecular weight excluding hydrogens is 255 g/mol. The molecule has 0 aliphatic rings. The summed E-state index contributed by atoms with van der Waals surface area (Å²) < 4.78 is 0. The van der Waals surface area contributed by atoms with E-state index >= 15 is 0 Å². The van der Waals surface area contributed by atoms with Gasteiger partial charge in [0.15, 0.2) is 0 Å². The van der Waals surface area contributed by atoms with Gasteiger partial charge in [-0.15, -0.1) is 0 Å². The molecule has 2 N–H and O–H groups in total. The molecule has 0 saturated heterocycles. The first kappa shape index (κ1) is 12.7. The number of carboxylic acids is 1. The van der Waals surface area contributed by atoms with Gasteiger partial charge in [-0.2, -0.15) is 0 Å². The molecule has 1 amide bonds. The molecule has 0 fully saturated rings. The average Bonchev–Trinajstić information content (AvgIpc) is 2.21. The Hall–Kier alpha value is -1.33. The van der Waals surface area contributed by atoms with Crippen molar-refractivity contribution in [2.45, 2.75) is 6.42 Å². The molecule has 86 valence electrons. The third kappa shape index (κ3) is 3.67. The number of rotatable bonds is 4. The fraction of sp³-hybridized carbons (Fsp3) is 0.222. The first-order valence-electron chi connectivity index (χ1n) is 4.32. The van der Waals surface area contributed by atoms with Crippen LogP contribution < -0.4 is 5.32 Å². The molecule has 1 aromatic rings. The van der Waals surface area contributed by atoms with Crippen molar-refractivity contribution in [2.24, 2.45) is 0 Å². The van der Waals surface area contributed by atoms with Gasteiger partial charge in [-0.3, -0.25) is 9.59 Å². The van der Waals surface area contributed by atoms with E-state index in [9.17, 15) is 9.59 Å². The van der Waals surface area contributed by atoms with Gasteiger partial charge in [-0.1, -0.05) is 23.2 Å². The third-order valence-corrected chi connectivity index (χ3v) is 2.17. The van der Waals surface area contributed by atoms with Gasteiger partial charge in [0.2, 0.25) is 0 Å². The third-order valence-electron chi connectivity index (χ3n) is 1.65. The highest BCUT2D eigenvalue weighted by Gasteiger charge is 2.12. The number of amides is 1. The zero-order valence-corrected chi connectivity index (χ0v) is 9.55. The van der Waals surface area contributed by atoms with Crippen LogP contribution in [0.5, 0.6) is 0 Å². The largest absolute Gasteiger partial charge is 0.481 e. The standard InChI is InChI=1S/C9H8Cl2N2O3/c10-5-1-2-6(11)13-8(5)9(16)12-4-3-7(14)15/h1-2H,3-4H2,(H,12,16)(H,14,15). The molecule has 0 aliphatic carbocycles. The molecule has 0 unspecified atom stereocenters. The molecule has 1 aromatic heterocycles. The SMILES string of the molecule is O=C(O)CCNC(=O)c1nc(Cl)ccc1Cl. The van der Waals surface area contributed by atoms with Crippen LogP contribution in [-0.2, 0) is 4.79 Å². The average molecular weight is 263 g/mol. The predicted molar refractivity (Wildman–Crippen MR) is 58.8 cm³/mol. The Balaban J connectivity index is 2.65. The summed E-state index contributed by atoms with van der Waals surface area (Å²) in [6.07, 6.45) is -0.163. The minimum absolute atomic E-state index is 0.0126. The summed E-state index contributed by atoms with van der Waals surface area (Å²) in [5.41, 5.74) is -0.0143. The fourth-order valence-electron chi connectivity index (χ4n) is 0.944. The van der Waals surface area contributed by atoms with Gasteiger partial charge in [0.25, 0.3) is 5.91 Å². The lowest BCUT2D eigenvalue weighted by Gasteiger charge is -2.04. The van der Waals surface area contributed by atoms with E-state index in [2.05, 4.69) is 10.3 Å². The molecule has 0 aliphatic heterocycles. The smallest absolute Gasteiger partial charge is 0.305 e. The lowest BCUT2D eigenvalue weighted by molar-refractivity contribution is -0.136. The topological polar surface area (TPSA) is 79.3 Å². The Morgan fingerprint density at radius 1 is 1.38 bits per heavy atom. The monoisotopic (exact) mass is 262 g/mol. The van der Waals surface area contributed by atoms with Gasteiger partial charge < -0.3 is 10.4 Å². The Bertz CT molecular complexity index is 423. The maximum atomic E-state index is 11.5. The number of carboxylic acid groups (broad SMARTS) is 1. The van der Waals surface area contributed by atoms with Crippen molar-refractivity contribution in [3.8, 4) is 0 Å².